The number of nitrogens with one attached hydrogen (secondary N) is 1. The van der Waals surface area contributed by atoms with E-state index in [0.29, 0.717) is 11.4 Å². The second-order valence-corrected chi connectivity index (χ2v) is 9.00. The second-order valence-electron chi connectivity index (χ2n) is 9.00. The van der Waals surface area contributed by atoms with E-state index in [1.165, 1.54) is 30.2 Å². The predicted molar refractivity (Wildman–Crippen MR) is 116 cm³/mol. The van der Waals surface area contributed by atoms with Gasteiger partial charge in [-0.1, -0.05) is 0 Å². The molecule has 5 heterocycles. The maximum absolute atomic E-state index is 15.1. The Morgan fingerprint density at radius 1 is 1.18 bits per heavy atom. The number of hydrogen-bond acceptors (Lipinski definition) is 7. The molecule has 4 aromatic heterocycles. The summed E-state index contributed by atoms with van der Waals surface area (Å²) in [4.78, 5) is 12.4. The number of alkyl halides is 2. The molecule has 34 heavy (non-hydrogen) atoms. The largest absolute Gasteiger partial charge is 0.479 e. The average molecular weight is 473 g/mol. The van der Waals surface area contributed by atoms with Gasteiger partial charge in [-0.15, -0.1) is 5.10 Å². The van der Waals surface area contributed by atoms with Crippen molar-refractivity contribution in [3.05, 3.63) is 36.3 Å². The topological polar surface area (TPSA) is 90.9 Å². The van der Waals surface area contributed by atoms with Crippen LogP contribution in [-0.4, -0.2) is 55.3 Å². The second kappa shape index (κ2) is 7.83. The third-order valence-corrected chi connectivity index (χ3v) is 6.85. The fourth-order valence-corrected chi connectivity index (χ4v) is 4.92. The third-order valence-electron chi connectivity index (χ3n) is 6.85. The van der Waals surface area contributed by atoms with Crippen molar-refractivity contribution in [3.8, 4) is 17.0 Å². The molecule has 178 valence electrons. The summed E-state index contributed by atoms with van der Waals surface area (Å²) >= 11 is 0. The maximum Gasteiger partial charge on any atom is 0.280 e. The van der Waals surface area contributed by atoms with E-state index < -0.39 is 12.2 Å². The monoisotopic (exact) mass is 473 g/mol. The lowest BCUT2D eigenvalue weighted by atomic mass is 9.71. The highest BCUT2D eigenvalue weighted by Crippen LogP contribution is 2.43. The Morgan fingerprint density at radius 3 is 2.62 bits per heavy atom. The van der Waals surface area contributed by atoms with Crippen molar-refractivity contribution in [1.82, 2.24) is 29.0 Å². The van der Waals surface area contributed by atoms with Gasteiger partial charge in [-0.05, 0) is 25.7 Å². The Balaban J connectivity index is 1.36. The SMILES string of the molecule is COc1nc(NC2CCC3(CC2)COC3)nn2cc(F)c(-c3cnc4ncc(C(F)F)n4c3)c12. The van der Waals surface area contributed by atoms with E-state index in [4.69, 9.17) is 9.47 Å². The first-order valence-corrected chi connectivity index (χ1v) is 11.0. The lowest BCUT2D eigenvalue weighted by molar-refractivity contribution is -0.131. The van der Waals surface area contributed by atoms with Gasteiger partial charge in [0.15, 0.2) is 5.82 Å². The van der Waals surface area contributed by atoms with E-state index in [2.05, 4.69) is 25.4 Å². The van der Waals surface area contributed by atoms with E-state index in [-0.39, 0.29) is 40.0 Å². The van der Waals surface area contributed by atoms with E-state index in [0.717, 1.165) is 49.5 Å². The van der Waals surface area contributed by atoms with Gasteiger partial charge in [0.25, 0.3) is 6.43 Å². The first-order valence-electron chi connectivity index (χ1n) is 11.0. The van der Waals surface area contributed by atoms with Gasteiger partial charge in [0, 0.05) is 29.4 Å². The number of anilines is 1. The molecule has 0 bridgehead atoms. The summed E-state index contributed by atoms with van der Waals surface area (Å²) in [6.45, 7) is 1.67. The van der Waals surface area contributed by atoms with Crippen LogP contribution < -0.4 is 10.1 Å². The van der Waals surface area contributed by atoms with Crippen LogP contribution in [0.3, 0.4) is 0 Å². The molecule has 2 aliphatic rings. The zero-order valence-corrected chi connectivity index (χ0v) is 18.3. The number of aromatic nitrogens is 6. The third kappa shape index (κ3) is 3.35. The van der Waals surface area contributed by atoms with Gasteiger partial charge in [-0.25, -0.2) is 27.7 Å². The summed E-state index contributed by atoms with van der Waals surface area (Å²) < 4.78 is 55.2. The molecule has 4 aromatic rings. The van der Waals surface area contributed by atoms with Crippen LogP contribution in [0, 0.1) is 11.2 Å². The molecular formula is C22H22F3N7O2. The van der Waals surface area contributed by atoms with E-state index >= 15 is 4.39 Å². The van der Waals surface area contributed by atoms with Crippen LogP contribution in [0.4, 0.5) is 19.1 Å². The molecule has 2 fully saturated rings. The molecule has 1 aliphatic heterocycles. The molecule has 12 heteroatoms. The highest BCUT2D eigenvalue weighted by molar-refractivity contribution is 5.84. The Kier molecular flexibility index (Phi) is 4.87. The van der Waals surface area contributed by atoms with Crippen LogP contribution in [0.5, 0.6) is 5.88 Å². The van der Waals surface area contributed by atoms with Gasteiger partial charge < -0.3 is 14.8 Å². The molecule has 9 nitrogen and oxygen atoms in total. The van der Waals surface area contributed by atoms with Gasteiger partial charge in [0.1, 0.15) is 11.2 Å². The zero-order chi connectivity index (χ0) is 23.4. The van der Waals surface area contributed by atoms with Crippen molar-refractivity contribution in [1.29, 1.82) is 0 Å². The minimum atomic E-state index is -2.75. The number of imidazole rings is 1. The minimum Gasteiger partial charge on any atom is -0.479 e. The molecule has 0 amide bonds. The molecule has 6 rings (SSSR count). The number of rotatable bonds is 5. The minimum absolute atomic E-state index is 0.0976. The normalized spacial score (nSPS) is 18.1. The zero-order valence-electron chi connectivity index (χ0n) is 18.3. The first kappa shape index (κ1) is 21.1. The number of methoxy groups -OCH3 is 1. The number of ether oxygens (including phenoxy) is 2. The molecular weight excluding hydrogens is 451 g/mol. The molecule has 1 saturated carbocycles. The van der Waals surface area contributed by atoms with Crippen molar-refractivity contribution in [2.24, 2.45) is 5.41 Å². The van der Waals surface area contributed by atoms with Crippen LogP contribution in [0.15, 0.2) is 24.8 Å². The van der Waals surface area contributed by atoms with Crippen molar-refractivity contribution in [2.45, 2.75) is 38.2 Å². The fourth-order valence-electron chi connectivity index (χ4n) is 4.92. The van der Waals surface area contributed by atoms with Gasteiger partial charge in [-0.3, -0.25) is 4.40 Å². The van der Waals surface area contributed by atoms with E-state index in [1.807, 2.05) is 0 Å². The Hall–Kier alpha value is -3.41. The standard InChI is InChI=1S/C22H22F3N7O2/c1-33-19-17-16(12-6-26-21-27-7-15(18(24)25)31(21)8-12)14(23)9-32(17)30-20(29-19)28-13-2-4-22(5-3-13)10-34-11-22/h6-9,13,18H,2-5,10-11H2,1H3,(H,28,30). The highest BCUT2D eigenvalue weighted by atomic mass is 19.3. The molecule has 1 saturated heterocycles. The van der Waals surface area contributed by atoms with Gasteiger partial charge in [-0.2, -0.15) is 4.98 Å². The van der Waals surface area contributed by atoms with E-state index in [9.17, 15) is 8.78 Å². The average Bonchev–Trinajstić information content (AvgIpc) is 3.38. The van der Waals surface area contributed by atoms with Crippen LogP contribution in [0.25, 0.3) is 22.4 Å². The Morgan fingerprint density at radius 2 is 1.94 bits per heavy atom. The Bertz CT molecular complexity index is 1370. The molecule has 0 atom stereocenters. The summed E-state index contributed by atoms with van der Waals surface area (Å²) in [6.07, 6.45) is 6.38. The number of hydrogen-bond donors (Lipinski definition) is 1. The van der Waals surface area contributed by atoms with Gasteiger partial charge in [0.2, 0.25) is 17.6 Å². The highest BCUT2D eigenvalue weighted by Gasteiger charge is 2.41. The van der Waals surface area contributed by atoms with Gasteiger partial charge >= 0.3 is 0 Å². The van der Waals surface area contributed by atoms with Gasteiger partial charge in [0.05, 0.1) is 38.3 Å². The fraction of sp³-hybridized carbons (Fsp3) is 0.455. The summed E-state index contributed by atoms with van der Waals surface area (Å²) in [6, 6.07) is 0.203. The number of halogens is 3. The first-order chi connectivity index (χ1) is 16.5. The molecule has 1 aliphatic carbocycles. The summed E-state index contributed by atoms with van der Waals surface area (Å²) in [5.41, 5.74) is 0.658. The Labute approximate surface area is 191 Å². The van der Waals surface area contributed by atoms with Crippen LogP contribution in [-0.2, 0) is 4.74 Å². The number of fused-ring (bicyclic) bond motifs is 2. The van der Waals surface area contributed by atoms with Crippen molar-refractivity contribution >= 4 is 17.2 Å². The molecule has 1 spiro atoms. The summed E-state index contributed by atoms with van der Waals surface area (Å²) in [5.74, 6) is -0.00892. The molecule has 0 radical (unpaired) electrons. The predicted octanol–water partition coefficient (Wildman–Crippen LogP) is 3.90. The number of nitrogens with zero attached hydrogens (tertiary/aromatic N) is 6. The van der Waals surface area contributed by atoms with Crippen LogP contribution in [0.1, 0.15) is 37.8 Å². The van der Waals surface area contributed by atoms with Crippen molar-refractivity contribution < 1.29 is 22.6 Å². The lowest BCUT2D eigenvalue weighted by Crippen LogP contribution is -2.47. The van der Waals surface area contributed by atoms with Crippen LogP contribution >= 0.6 is 0 Å². The van der Waals surface area contributed by atoms with E-state index in [1.54, 1.807) is 0 Å². The van der Waals surface area contributed by atoms with Crippen molar-refractivity contribution in [3.63, 3.8) is 0 Å². The lowest BCUT2D eigenvalue weighted by Gasteiger charge is -2.46. The molecule has 0 unspecified atom stereocenters. The molecule has 0 aromatic carbocycles. The maximum atomic E-state index is 15.1. The summed E-state index contributed by atoms with van der Waals surface area (Å²) in [7, 11) is 1.44. The quantitative estimate of drug-likeness (QED) is 0.470. The van der Waals surface area contributed by atoms with Crippen molar-refractivity contribution in [2.75, 3.05) is 25.6 Å². The smallest absolute Gasteiger partial charge is 0.280 e. The summed E-state index contributed by atoms with van der Waals surface area (Å²) in [5, 5.41) is 7.79. The molecule has 1 N–H and O–H groups in total. The van der Waals surface area contributed by atoms with Crippen LogP contribution in [0.2, 0.25) is 0 Å².